The molecule has 3 aromatic rings. The monoisotopic (exact) mass is 448 g/mol. The minimum absolute atomic E-state index is 0.128. The first-order valence-corrected chi connectivity index (χ1v) is 9.94. The number of amides is 1. The Bertz CT molecular complexity index is 1060. The number of hydrogen-bond acceptors (Lipinski definition) is 6. The van der Waals surface area contributed by atoms with Gasteiger partial charge in [-0.25, -0.2) is 4.98 Å². The predicted molar refractivity (Wildman–Crippen MR) is 111 cm³/mol. The summed E-state index contributed by atoms with van der Waals surface area (Å²) < 4.78 is 29.7. The maximum absolute atomic E-state index is 12.8. The highest BCUT2D eigenvalue weighted by Gasteiger charge is 2.27. The lowest BCUT2D eigenvalue weighted by Crippen LogP contribution is -2.22. The quantitative estimate of drug-likeness (QED) is 0.550. The molecule has 1 fully saturated rings. The van der Waals surface area contributed by atoms with Gasteiger partial charge in [0.2, 0.25) is 0 Å². The molecule has 0 aliphatic carbocycles. The number of hydrogen-bond donors (Lipinski definition) is 2. The lowest BCUT2D eigenvalue weighted by atomic mass is 10.1. The first kappa shape index (κ1) is 21.0. The Hall–Kier alpha value is -3.27. The number of carbonyl (C=O) groups is 1. The normalized spacial score (nSPS) is 16.4. The zero-order chi connectivity index (χ0) is 22.0. The third-order valence-corrected chi connectivity index (χ3v) is 4.97. The molecular weight excluding hydrogens is 430 g/mol. The van der Waals surface area contributed by atoms with Gasteiger partial charge in [0.1, 0.15) is 17.3 Å². The molecule has 2 N–H and O–H groups in total. The summed E-state index contributed by atoms with van der Waals surface area (Å²) in [5.74, 6) is 0.769. The molecule has 0 unspecified atom stereocenters. The van der Waals surface area contributed by atoms with Crippen molar-refractivity contribution in [2.75, 3.05) is 23.3 Å². The molecular formula is C20H19ClF2N6O2. The number of rotatable bonds is 6. The van der Waals surface area contributed by atoms with E-state index in [0.717, 1.165) is 25.3 Å². The molecule has 0 radical (unpaired) electrons. The van der Waals surface area contributed by atoms with Crippen LogP contribution in [0.4, 0.5) is 20.3 Å². The fourth-order valence-corrected chi connectivity index (χ4v) is 3.51. The van der Waals surface area contributed by atoms with Crippen LogP contribution in [0.5, 0.6) is 5.75 Å². The van der Waals surface area contributed by atoms with Crippen LogP contribution in [0.15, 0.2) is 42.7 Å². The molecule has 0 spiro atoms. The van der Waals surface area contributed by atoms with Crippen LogP contribution < -0.4 is 15.0 Å². The topological polar surface area (TPSA) is 96.0 Å². The van der Waals surface area contributed by atoms with Gasteiger partial charge in [0.15, 0.2) is 0 Å². The number of alkyl halides is 3. The number of aromatic nitrogens is 4. The Balaban J connectivity index is 1.55. The van der Waals surface area contributed by atoms with Crippen molar-refractivity contribution < 1.29 is 18.3 Å². The Morgan fingerprint density at radius 1 is 1.32 bits per heavy atom. The number of anilines is 2. The van der Waals surface area contributed by atoms with E-state index in [9.17, 15) is 13.6 Å². The lowest BCUT2D eigenvalue weighted by molar-refractivity contribution is -0.0964. The Morgan fingerprint density at radius 2 is 2.10 bits per heavy atom. The van der Waals surface area contributed by atoms with Gasteiger partial charge in [-0.3, -0.25) is 4.79 Å². The summed E-state index contributed by atoms with van der Waals surface area (Å²) in [6.45, 7) is 3.93. The fourth-order valence-electron chi connectivity index (χ4n) is 3.42. The van der Waals surface area contributed by atoms with E-state index in [4.69, 9.17) is 11.6 Å². The minimum Gasteiger partial charge on any atom is -0.420 e. The summed E-state index contributed by atoms with van der Waals surface area (Å²) in [4.78, 5) is 19.5. The molecule has 1 aliphatic rings. The molecule has 4 rings (SSSR count). The van der Waals surface area contributed by atoms with Crippen LogP contribution >= 0.6 is 11.6 Å². The van der Waals surface area contributed by atoms with Crippen molar-refractivity contribution in [3.63, 3.8) is 0 Å². The van der Waals surface area contributed by atoms with E-state index in [1.807, 2.05) is 0 Å². The van der Waals surface area contributed by atoms with E-state index in [-0.39, 0.29) is 5.75 Å². The van der Waals surface area contributed by atoms with Crippen molar-refractivity contribution in [1.82, 2.24) is 20.4 Å². The van der Waals surface area contributed by atoms with E-state index in [2.05, 4.69) is 42.3 Å². The summed E-state index contributed by atoms with van der Waals surface area (Å²) in [6.07, 6.45) is 4.15. The van der Waals surface area contributed by atoms with E-state index >= 15 is 0 Å². The summed E-state index contributed by atoms with van der Waals surface area (Å²) in [5.41, 5.74) is -1.80. The maximum atomic E-state index is 12.8. The van der Waals surface area contributed by atoms with Crippen molar-refractivity contribution in [2.24, 2.45) is 5.92 Å². The van der Waals surface area contributed by atoms with Crippen molar-refractivity contribution in [3.05, 3.63) is 48.3 Å². The number of halogens is 3. The molecule has 11 heteroatoms. The number of benzene rings is 1. The van der Waals surface area contributed by atoms with Crippen molar-refractivity contribution >= 4 is 29.0 Å². The van der Waals surface area contributed by atoms with Crippen molar-refractivity contribution in [3.8, 4) is 17.0 Å². The Morgan fingerprint density at radius 3 is 2.71 bits per heavy atom. The molecule has 0 bridgehead atoms. The van der Waals surface area contributed by atoms with Crippen LogP contribution in [0.1, 0.15) is 23.7 Å². The third-order valence-electron chi connectivity index (χ3n) is 4.89. The number of nitrogens with one attached hydrogen (secondary N) is 2. The van der Waals surface area contributed by atoms with Gasteiger partial charge in [-0.05, 0) is 42.7 Å². The summed E-state index contributed by atoms with van der Waals surface area (Å²) in [6, 6.07) is 7.14. The number of carbonyl (C=O) groups excluding carboxylic acids is 1. The molecule has 2 aromatic heterocycles. The molecule has 1 aromatic carbocycles. The summed E-state index contributed by atoms with van der Waals surface area (Å²) in [7, 11) is 0. The third kappa shape index (κ3) is 5.08. The first-order valence-electron chi connectivity index (χ1n) is 9.57. The fraction of sp³-hybridized carbons (Fsp3) is 0.300. The second kappa shape index (κ2) is 8.46. The predicted octanol–water partition coefficient (Wildman–Crippen LogP) is 4.13. The van der Waals surface area contributed by atoms with Crippen LogP contribution in [0, 0.1) is 5.92 Å². The van der Waals surface area contributed by atoms with E-state index < -0.39 is 11.5 Å². The standard InChI is InChI=1S/C20H19ClF2N6O2/c1-12-6-7-29(11-12)18-16(17-10-25-28-27-17)8-13(9-24-18)19(30)26-14-2-4-15(5-3-14)31-20(21,22)23/h2-5,8-10,12H,6-7,11H2,1H3,(H,26,30)(H,25,27,28)/t12-/m1/s1. The van der Waals surface area contributed by atoms with Gasteiger partial charge in [-0.15, -0.1) is 8.78 Å². The second-order valence-electron chi connectivity index (χ2n) is 7.32. The Labute approximate surface area is 181 Å². The van der Waals surface area contributed by atoms with Crippen molar-refractivity contribution in [2.45, 2.75) is 18.9 Å². The van der Waals surface area contributed by atoms with Gasteiger partial charge in [0, 0.05) is 42.1 Å². The maximum Gasteiger partial charge on any atom is 0.487 e. The average Bonchev–Trinajstić information content (AvgIpc) is 3.40. The van der Waals surface area contributed by atoms with Crippen molar-refractivity contribution in [1.29, 1.82) is 0 Å². The number of H-pyrrole nitrogens is 1. The zero-order valence-corrected chi connectivity index (χ0v) is 17.2. The molecule has 0 saturated carbocycles. The number of nitrogens with zero attached hydrogens (tertiary/aromatic N) is 4. The highest BCUT2D eigenvalue weighted by atomic mass is 35.5. The molecule has 162 valence electrons. The van der Waals surface area contributed by atoms with Crippen LogP contribution in [-0.2, 0) is 0 Å². The number of pyridine rings is 1. The van der Waals surface area contributed by atoms with Gasteiger partial charge in [-0.2, -0.15) is 15.4 Å². The van der Waals surface area contributed by atoms with Gasteiger partial charge in [-0.1, -0.05) is 6.92 Å². The SMILES string of the molecule is C[C@@H]1CCN(c2ncc(C(=O)Nc3ccc(OC(F)(F)Cl)cc3)cc2-c2cn[nH]n2)C1. The molecule has 8 nitrogen and oxygen atoms in total. The molecule has 31 heavy (non-hydrogen) atoms. The molecule has 1 amide bonds. The van der Waals surface area contributed by atoms with E-state index in [1.54, 1.807) is 12.3 Å². The van der Waals surface area contributed by atoms with Crippen LogP contribution in [0.2, 0.25) is 0 Å². The lowest BCUT2D eigenvalue weighted by Gasteiger charge is -2.20. The summed E-state index contributed by atoms with van der Waals surface area (Å²) in [5, 5.41) is 13.3. The Kier molecular flexibility index (Phi) is 5.73. The van der Waals surface area contributed by atoms with Crippen LogP contribution in [-0.4, -0.2) is 45.0 Å². The molecule has 3 heterocycles. The number of ether oxygens (including phenoxy) is 1. The van der Waals surface area contributed by atoms with Gasteiger partial charge < -0.3 is 15.0 Å². The average molecular weight is 449 g/mol. The van der Waals surface area contributed by atoms with Crippen LogP contribution in [0.25, 0.3) is 11.3 Å². The second-order valence-corrected chi connectivity index (χ2v) is 7.76. The van der Waals surface area contributed by atoms with Gasteiger partial charge >= 0.3 is 5.57 Å². The number of aromatic amines is 1. The highest BCUT2D eigenvalue weighted by molar-refractivity contribution is 6.20. The molecule has 1 atom stereocenters. The van der Waals surface area contributed by atoms with Crippen LogP contribution in [0.3, 0.4) is 0 Å². The molecule has 1 aliphatic heterocycles. The zero-order valence-electron chi connectivity index (χ0n) is 16.5. The smallest absolute Gasteiger partial charge is 0.420 e. The summed E-state index contributed by atoms with van der Waals surface area (Å²) >= 11 is 4.75. The van der Waals surface area contributed by atoms with E-state index in [0.29, 0.717) is 28.4 Å². The van der Waals surface area contributed by atoms with Gasteiger partial charge in [0.25, 0.3) is 5.91 Å². The largest absolute Gasteiger partial charge is 0.487 e. The minimum atomic E-state index is -3.80. The molecule has 1 saturated heterocycles. The van der Waals surface area contributed by atoms with E-state index in [1.165, 1.54) is 30.5 Å². The van der Waals surface area contributed by atoms with Gasteiger partial charge in [0.05, 0.1) is 11.8 Å². The first-order chi connectivity index (χ1) is 14.8. The highest BCUT2D eigenvalue weighted by Crippen LogP contribution is 2.32.